The number of nitrogens with zero attached hydrogens (tertiary/aromatic N) is 1. The maximum Gasteiger partial charge on any atom is 0.246 e. The largest absolute Gasteiger partial charge is 0.306 e. The molecule has 2 heteroatoms. The molecule has 1 aliphatic rings. The van der Waals surface area contributed by atoms with Crippen LogP contribution in [0.5, 0.6) is 0 Å². The highest BCUT2D eigenvalue weighted by Crippen LogP contribution is 2.52. The van der Waals surface area contributed by atoms with Gasteiger partial charge in [0, 0.05) is 5.56 Å². The van der Waals surface area contributed by atoms with E-state index in [1.54, 1.807) is 0 Å². The van der Waals surface area contributed by atoms with E-state index < -0.39 is 5.41 Å². The fourth-order valence-corrected chi connectivity index (χ4v) is 6.25. The van der Waals surface area contributed by atoms with Crippen molar-refractivity contribution in [3.63, 3.8) is 0 Å². The highest BCUT2D eigenvalue weighted by molar-refractivity contribution is 6.16. The van der Waals surface area contributed by atoms with Crippen LogP contribution in [-0.2, 0) is 16.8 Å². The van der Waals surface area contributed by atoms with Crippen LogP contribution in [0.25, 0.3) is 21.9 Å². The van der Waals surface area contributed by atoms with Gasteiger partial charge in [-0.25, -0.2) is 0 Å². The Balaban J connectivity index is 1.65. The minimum absolute atomic E-state index is 0.0465. The summed E-state index contributed by atoms with van der Waals surface area (Å²) >= 11 is 0. The van der Waals surface area contributed by atoms with Gasteiger partial charge in [0.1, 0.15) is 5.41 Å². The molecular formula is C37H27NO. The van der Waals surface area contributed by atoms with Gasteiger partial charge in [-0.2, -0.15) is 0 Å². The highest BCUT2D eigenvalue weighted by atomic mass is 16.2. The first-order valence-corrected chi connectivity index (χ1v) is 13.4. The molecule has 1 aliphatic heterocycles. The Hall–Kier alpha value is -4.95. The number of hydrogen-bond donors (Lipinski definition) is 0. The topological polar surface area (TPSA) is 20.3 Å². The number of fused-ring (bicyclic) bond motifs is 5. The summed E-state index contributed by atoms with van der Waals surface area (Å²) in [5.74, 6) is 0.0465. The molecule has 0 aromatic heterocycles. The molecular weight excluding hydrogens is 474 g/mol. The zero-order valence-corrected chi connectivity index (χ0v) is 21.5. The van der Waals surface area contributed by atoms with Gasteiger partial charge in [-0.15, -0.1) is 0 Å². The third-order valence-corrected chi connectivity index (χ3v) is 7.96. The van der Waals surface area contributed by atoms with Gasteiger partial charge < -0.3 is 4.90 Å². The Morgan fingerprint density at radius 2 is 1.10 bits per heavy atom. The average Bonchev–Trinajstić information content (AvgIpc) is 3.10. The van der Waals surface area contributed by atoms with Crippen LogP contribution in [0, 0.1) is 0 Å². The van der Waals surface area contributed by atoms with Crippen molar-refractivity contribution < 1.29 is 4.79 Å². The lowest BCUT2D eigenvalue weighted by atomic mass is 9.67. The Bertz CT molecular complexity index is 1750. The molecule has 1 amide bonds. The van der Waals surface area contributed by atoms with Crippen LogP contribution in [0.2, 0.25) is 0 Å². The van der Waals surface area contributed by atoms with Gasteiger partial charge in [0.05, 0.1) is 12.2 Å². The molecule has 0 N–H and O–H groups in total. The van der Waals surface area contributed by atoms with Crippen LogP contribution >= 0.6 is 0 Å². The molecule has 0 unspecified atom stereocenters. The summed E-state index contributed by atoms with van der Waals surface area (Å²) in [6, 6.07) is 52.0. The predicted molar refractivity (Wildman–Crippen MR) is 160 cm³/mol. The summed E-state index contributed by atoms with van der Waals surface area (Å²) in [5.41, 5.74) is 6.10. The van der Waals surface area contributed by atoms with Crippen molar-refractivity contribution in [1.82, 2.24) is 0 Å². The number of anilines is 1. The summed E-state index contributed by atoms with van der Waals surface area (Å²) in [7, 11) is 0. The molecule has 1 heterocycles. The number of carbonyl (C=O) groups excluding carboxylic acids is 1. The molecule has 2 nitrogen and oxygen atoms in total. The average molecular weight is 502 g/mol. The van der Waals surface area contributed by atoms with E-state index in [0.29, 0.717) is 6.54 Å². The van der Waals surface area contributed by atoms with Crippen LogP contribution in [0.15, 0.2) is 152 Å². The zero-order valence-electron chi connectivity index (χ0n) is 21.5. The van der Waals surface area contributed by atoms with E-state index in [4.69, 9.17) is 0 Å². The van der Waals surface area contributed by atoms with Crippen molar-refractivity contribution in [2.24, 2.45) is 0 Å². The second-order valence-corrected chi connectivity index (χ2v) is 10.1. The molecule has 0 saturated carbocycles. The molecule has 0 spiro atoms. The Morgan fingerprint density at radius 1 is 0.538 bits per heavy atom. The number of amides is 1. The van der Waals surface area contributed by atoms with Crippen molar-refractivity contribution in [2.75, 3.05) is 4.90 Å². The Kier molecular flexibility index (Phi) is 5.60. The standard InChI is InChI=1S/C37H27NO/c39-36-37(29-17-6-2-7-18-29,30-19-8-3-9-20-30)33-23-13-12-22-32(33)35-31-21-11-10-16-28(31)24-25-34(35)38(36)26-27-14-4-1-5-15-27/h1-25H,26H2. The van der Waals surface area contributed by atoms with Gasteiger partial charge in [-0.1, -0.05) is 146 Å². The normalized spacial score (nSPS) is 13.9. The molecule has 6 aromatic rings. The third kappa shape index (κ3) is 3.60. The van der Waals surface area contributed by atoms with E-state index in [-0.39, 0.29) is 5.91 Å². The minimum atomic E-state index is -1.03. The van der Waals surface area contributed by atoms with Gasteiger partial charge >= 0.3 is 0 Å². The van der Waals surface area contributed by atoms with E-state index >= 15 is 4.79 Å². The SMILES string of the molecule is O=C1N(Cc2ccccc2)c2ccc3ccccc3c2-c2ccccc2C1(c1ccccc1)c1ccccc1. The monoisotopic (exact) mass is 501 g/mol. The number of benzene rings is 6. The van der Waals surface area contributed by atoms with Crippen LogP contribution in [-0.4, -0.2) is 5.91 Å². The first-order valence-electron chi connectivity index (χ1n) is 13.4. The first kappa shape index (κ1) is 23.2. The van der Waals surface area contributed by atoms with E-state index in [9.17, 15) is 0 Å². The van der Waals surface area contributed by atoms with Gasteiger partial charge in [0.15, 0.2) is 0 Å². The number of carbonyl (C=O) groups is 1. The highest BCUT2D eigenvalue weighted by Gasteiger charge is 2.50. The van der Waals surface area contributed by atoms with E-state index in [1.807, 2.05) is 59.5 Å². The molecule has 0 fully saturated rings. The maximum atomic E-state index is 15.5. The fourth-order valence-electron chi connectivity index (χ4n) is 6.25. The summed E-state index contributed by atoms with van der Waals surface area (Å²) in [5, 5.41) is 2.30. The van der Waals surface area contributed by atoms with Crippen LogP contribution in [0.3, 0.4) is 0 Å². The van der Waals surface area contributed by atoms with Crippen molar-refractivity contribution in [3.8, 4) is 11.1 Å². The number of hydrogen-bond acceptors (Lipinski definition) is 1. The minimum Gasteiger partial charge on any atom is -0.306 e. The van der Waals surface area contributed by atoms with Crippen molar-refractivity contribution in [3.05, 3.63) is 174 Å². The molecule has 6 aromatic carbocycles. The summed E-state index contributed by atoms with van der Waals surface area (Å²) in [4.78, 5) is 17.5. The van der Waals surface area contributed by atoms with Gasteiger partial charge in [0.25, 0.3) is 0 Å². The molecule has 0 bridgehead atoms. The fraction of sp³-hybridized carbons (Fsp3) is 0.0541. The zero-order chi connectivity index (χ0) is 26.2. The maximum absolute atomic E-state index is 15.5. The van der Waals surface area contributed by atoms with Crippen molar-refractivity contribution in [1.29, 1.82) is 0 Å². The van der Waals surface area contributed by atoms with Crippen molar-refractivity contribution in [2.45, 2.75) is 12.0 Å². The van der Waals surface area contributed by atoms with Gasteiger partial charge in [-0.3, -0.25) is 4.79 Å². The molecule has 0 aliphatic carbocycles. The quantitative estimate of drug-likeness (QED) is 0.238. The Labute approximate surface area is 228 Å². The molecule has 7 rings (SSSR count). The Morgan fingerprint density at radius 3 is 1.79 bits per heavy atom. The van der Waals surface area contributed by atoms with Crippen molar-refractivity contribution >= 4 is 22.4 Å². The summed E-state index contributed by atoms with van der Waals surface area (Å²) < 4.78 is 0. The smallest absolute Gasteiger partial charge is 0.246 e. The van der Waals surface area contributed by atoms with E-state index in [2.05, 4.69) is 97.1 Å². The molecule has 0 radical (unpaired) electrons. The van der Waals surface area contributed by atoms with Crippen LogP contribution < -0.4 is 4.90 Å². The second kappa shape index (κ2) is 9.41. The van der Waals surface area contributed by atoms with E-state index in [1.165, 1.54) is 0 Å². The van der Waals surface area contributed by atoms with E-state index in [0.717, 1.165) is 49.8 Å². The predicted octanol–water partition coefficient (Wildman–Crippen LogP) is 8.39. The molecule has 0 atom stereocenters. The molecule has 0 saturated heterocycles. The summed E-state index contributed by atoms with van der Waals surface area (Å²) in [6.45, 7) is 0.473. The summed E-state index contributed by atoms with van der Waals surface area (Å²) in [6.07, 6.45) is 0. The lowest BCUT2D eigenvalue weighted by Crippen LogP contribution is -2.47. The number of rotatable bonds is 4. The van der Waals surface area contributed by atoms with Gasteiger partial charge in [-0.05, 0) is 44.7 Å². The van der Waals surface area contributed by atoms with Crippen LogP contribution in [0.1, 0.15) is 22.3 Å². The van der Waals surface area contributed by atoms with Gasteiger partial charge in [0.2, 0.25) is 5.91 Å². The van der Waals surface area contributed by atoms with Crippen LogP contribution in [0.4, 0.5) is 5.69 Å². The first-order chi connectivity index (χ1) is 19.3. The molecule has 39 heavy (non-hydrogen) atoms. The molecule has 186 valence electrons. The lowest BCUT2D eigenvalue weighted by Gasteiger charge is -2.37. The second-order valence-electron chi connectivity index (χ2n) is 10.1. The third-order valence-electron chi connectivity index (χ3n) is 7.96. The lowest BCUT2D eigenvalue weighted by molar-refractivity contribution is -0.121.